The number of carbonyl (C=O) groups excluding carboxylic acids is 4. The number of aliphatic hydroxyl groups excluding tert-OH is 1. The van der Waals surface area contributed by atoms with E-state index in [0.29, 0.717) is 30.9 Å². The fraction of sp³-hybridized carbons (Fsp3) is 0.520. The largest absolute Gasteiger partial charge is 0.495 e. The molecule has 1 saturated carbocycles. The van der Waals surface area contributed by atoms with Crippen LogP contribution in [-0.2, 0) is 32.1 Å². The Morgan fingerprint density at radius 1 is 1.16 bits per heavy atom. The van der Waals surface area contributed by atoms with Crippen molar-refractivity contribution in [3.63, 3.8) is 0 Å². The van der Waals surface area contributed by atoms with Gasteiger partial charge in [0, 0.05) is 19.6 Å². The van der Waals surface area contributed by atoms with Gasteiger partial charge in [-0.05, 0) is 37.3 Å². The Labute approximate surface area is 218 Å². The summed E-state index contributed by atoms with van der Waals surface area (Å²) in [5, 5.41) is 13.9. The highest BCUT2D eigenvalue weighted by molar-refractivity contribution is 6.44. The molecule has 5 rings (SSSR count). The molecule has 0 radical (unpaired) electrons. The number of imide groups is 2. The maximum Gasteiger partial charge on any atom is 0.334 e. The molecule has 202 valence electrons. The van der Waals surface area contributed by atoms with Crippen LogP contribution in [0.25, 0.3) is 0 Å². The maximum absolute atomic E-state index is 13.4. The molecule has 1 aromatic carbocycles. The Bertz CT molecular complexity index is 1230. The molecule has 5 amide bonds. The lowest BCUT2D eigenvalue weighted by atomic mass is 10.1. The number of hydrogen-bond donors (Lipinski definition) is 1. The van der Waals surface area contributed by atoms with E-state index in [4.69, 9.17) is 14.0 Å². The van der Waals surface area contributed by atoms with Crippen LogP contribution < -0.4 is 9.64 Å². The SMILES string of the molecule is COc1ccccc1N(CC1CC(O)CCO1)C(=O)Cc1noc(CN2C(=O)C(=O)N(CC3CC3)C2=O)n1. The van der Waals surface area contributed by atoms with Crippen molar-refractivity contribution >= 4 is 29.4 Å². The highest BCUT2D eigenvalue weighted by Gasteiger charge is 2.46. The highest BCUT2D eigenvalue weighted by Crippen LogP contribution is 2.32. The number of amides is 5. The second kappa shape index (κ2) is 10.9. The second-order valence-corrected chi connectivity index (χ2v) is 9.66. The molecule has 1 N–H and O–H groups in total. The first-order valence-corrected chi connectivity index (χ1v) is 12.6. The minimum absolute atomic E-state index is 0.0507. The summed E-state index contributed by atoms with van der Waals surface area (Å²) in [5.74, 6) is -1.47. The number of nitrogens with zero attached hydrogens (tertiary/aromatic N) is 5. The fourth-order valence-electron chi connectivity index (χ4n) is 4.58. The number of para-hydroxylation sites is 2. The molecular formula is C25H29N5O8. The Balaban J connectivity index is 1.28. The number of hydrogen-bond acceptors (Lipinski definition) is 10. The number of aliphatic hydroxyl groups is 1. The molecule has 3 fully saturated rings. The summed E-state index contributed by atoms with van der Waals surface area (Å²) >= 11 is 0. The van der Waals surface area contributed by atoms with Gasteiger partial charge in [-0.1, -0.05) is 17.3 Å². The van der Waals surface area contributed by atoms with E-state index in [9.17, 15) is 24.3 Å². The smallest absolute Gasteiger partial charge is 0.334 e. The van der Waals surface area contributed by atoms with Crippen molar-refractivity contribution in [2.45, 2.75) is 50.9 Å². The Morgan fingerprint density at radius 2 is 1.92 bits per heavy atom. The molecule has 2 atom stereocenters. The number of aromatic nitrogens is 2. The van der Waals surface area contributed by atoms with Gasteiger partial charge in [-0.15, -0.1) is 0 Å². The molecule has 2 saturated heterocycles. The van der Waals surface area contributed by atoms with Crippen LogP contribution in [0.5, 0.6) is 5.75 Å². The Kier molecular flexibility index (Phi) is 7.38. The van der Waals surface area contributed by atoms with Crippen LogP contribution in [0.15, 0.2) is 28.8 Å². The van der Waals surface area contributed by atoms with E-state index in [2.05, 4.69) is 10.1 Å². The predicted octanol–water partition coefficient (Wildman–Crippen LogP) is 0.895. The third-order valence-corrected chi connectivity index (χ3v) is 6.79. The number of benzene rings is 1. The zero-order valence-corrected chi connectivity index (χ0v) is 20.9. The lowest BCUT2D eigenvalue weighted by Crippen LogP contribution is -2.43. The molecule has 1 aromatic heterocycles. The first kappa shape index (κ1) is 25.8. The molecule has 0 bridgehead atoms. The minimum Gasteiger partial charge on any atom is -0.495 e. The monoisotopic (exact) mass is 527 g/mol. The number of urea groups is 1. The van der Waals surface area contributed by atoms with E-state index in [1.807, 2.05) is 0 Å². The van der Waals surface area contributed by atoms with Crippen molar-refractivity contribution in [3.8, 4) is 5.75 Å². The first-order chi connectivity index (χ1) is 18.3. The molecule has 2 aliphatic heterocycles. The third-order valence-electron chi connectivity index (χ3n) is 6.79. The summed E-state index contributed by atoms with van der Waals surface area (Å²) in [6.45, 7) is 0.430. The summed E-state index contributed by atoms with van der Waals surface area (Å²) < 4.78 is 16.4. The molecule has 13 heteroatoms. The fourth-order valence-corrected chi connectivity index (χ4v) is 4.58. The summed E-state index contributed by atoms with van der Waals surface area (Å²) in [5.41, 5.74) is 0.523. The molecule has 2 aromatic rings. The van der Waals surface area contributed by atoms with Crippen molar-refractivity contribution in [3.05, 3.63) is 36.0 Å². The van der Waals surface area contributed by atoms with E-state index in [1.165, 1.54) is 12.0 Å². The first-order valence-electron chi connectivity index (χ1n) is 12.6. The van der Waals surface area contributed by atoms with Gasteiger partial charge in [-0.2, -0.15) is 4.98 Å². The van der Waals surface area contributed by atoms with Crippen LogP contribution in [0.4, 0.5) is 10.5 Å². The average molecular weight is 528 g/mol. The molecule has 3 aliphatic rings. The standard InChI is InChI=1S/C25H29N5O8/c1-36-19-5-3-2-4-18(19)28(13-17-10-16(31)8-9-37-17)22(32)11-20-26-21(38-27-20)14-30-24(34)23(33)29(25(30)35)12-15-6-7-15/h2-5,15-17,31H,6-14H2,1H3. The summed E-state index contributed by atoms with van der Waals surface area (Å²) in [7, 11) is 1.51. The normalized spacial score (nSPS) is 21.8. The van der Waals surface area contributed by atoms with Crippen LogP contribution in [0.2, 0.25) is 0 Å². The third kappa shape index (κ3) is 5.53. The van der Waals surface area contributed by atoms with Gasteiger partial charge in [-0.25, -0.2) is 9.69 Å². The van der Waals surface area contributed by atoms with E-state index in [0.717, 1.165) is 22.6 Å². The number of methoxy groups -OCH3 is 1. The maximum atomic E-state index is 13.4. The summed E-state index contributed by atoms with van der Waals surface area (Å²) in [6, 6.07) is 6.33. The van der Waals surface area contributed by atoms with Crippen LogP contribution in [0.3, 0.4) is 0 Å². The van der Waals surface area contributed by atoms with E-state index in [-0.39, 0.29) is 55.7 Å². The molecule has 13 nitrogen and oxygen atoms in total. The van der Waals surface area contributed by atoms with Gasteiger partial charge in [0.1, 0.15) is 12.3 Å². The van der Waals surface area contributed by atoms with Crippen LogP contribution in [0.1, 0.15) is 37.4 Å². The lowest BCUT2D eigenvalue weighted by molar-refractivity contribution is -0.143. The van der Waals surface area contributed by atoms with Gasteiger partial charge in [0.15, 0.2) is 5.82 Å². The number of anilines is 1. The van der Waals surface area contributed by atoms with Crippen LogP contribution in [-0.4, -0.2) is 87.8 Å². The molecule has 0 spiro atoms. The minimum atomic E-state index is -0.941. The van der Waals surface area contributed by atoms with Crippen molar-refractivity contribution in [2.24, 2.45) is 5.92 Å². The predicted molar refractivity (Wildman–Crippen MR) is 129 cm³/mol. The van der Waals surface area contributed by atoms with Gasteiger partial charge >= 0.3 is 17.8 Å². The number of rotatable bonds is 10. The van der Waals surface area contributed by atoms with Crippen molar-refractivity contribution < 1.29 is 38.3 Å². The topological polar surface area (TPSA) is 156 Å². The van der Waals surface area contributed by atoms with Gasteiger partial charge in [-0.3, -0.25) is 19.3 Å². The van der Waals surface area contributed by atoms with Gasteiger partial charge < -0.3 is 24.0 Å². The van der Waals surface area contributed by atoms with E-state index < -0.39 is 23.9 Å². The Morgan fingerprint density at radius 3 is 2.66 bits per heavy atom. The van der Waals surface area contributed by atoms with Gasteiger partial charge in [0.05, 0.1) is 38.0 Å². The molecule has 1 aliphatic carbocycles. The van der Waals surface area contributed by atoms with Crippen molar-refractivity contribution in [2.75, 3.05) is 31.7 Å². The average Bonchev–Trinajstić information content (AvgIpc) is 3.60. The van der Waals surface area contributed by atoms with Crippen LogP contribution >= 0.6 is 0 Å². The molecule has 38 heavy (non-hydrogen) atoms. The lowest BCUT2D eigenvalue weighted by Gasteiger charge is -2.32. The molecule has 2 unspecified atom stereocenters. The molecular weight excluding hydrogens is 498 g/mol. The quantitative estimate of drug-likeness (QED) is 0.348. The zero-order chi connectivity index (χ0) is 26.8. The summed E-state index contributed by atoms with van der Waals surface area (Å²) in [6.07, 6.45) is 1.64. The van der Waals surface area contributed by atoms with E-state index in [1.54, 1.807) is 24.3 Å². The van der Waals surface area contributed by atoms with Crippen molar-refractivity contribution in [1.29, 1.82) is 0 Å². The number of ether oxygens (including phenoxy) is 2. The number of carbonyl (C=O) groups is 4. The van der Waals surface area contributed by atoms with Gasteiger partial charge in [0.25, 0.3) is 0 Å². The van der Waals surface area contributed by atoms with Gasteiger partial charge in [0.2, 0.25) is 11.8 Å². The highest BCUT2D eigenvalue weighted by atomic mass is 16.5. The summed E-state index contributed by atoms with van der Waals surface area (Å²) in [4.78, 5) is 58.1. The van der Waals surface area contributed by atoms with Crippen molar-refractivity contribution in [1.82, 2.24) is 19.9 Å². The van der Waals surface area contributed by atoms with Crippen LogP contribution in [0, 0.1) is 5.92 Å². The second-order valence-electron chi connectivity index (χ2n) is 9.66. The Hall–Kier alpha value is -3.84. The molecule has 3 heterocycles. The zero-order valence-electron chi connectivity index (χ0n) is 20.9. The van der Waals surface area contributed by atoms with E-state index >= 15 is 0 Å².